The van der Waals surface area contributed by atoms with Gasteiger partial charge >= 0.3 is 0 Å². The lowest BCUT2D eigenvalue weighted by Gasteiger charge is -2.19. The number of carbonyl (C=O) groups is 1. The average molecular weight is 329 g/mol. The van der Waals surface area contributed by atoms with Crippen molar-refractivity contribution < 1.29 is 13.6 Å². The number of rotatable bonds is 6. The largest absolute Gasteiger partial charge is 0.355 e. The molecule has 0 aliphatic heterocycles. The van der Waals surface area contributed by atoms with Gasteiger partial charge in [0.1, 0.15) is 11.6 Å². The molecule has 1 unspecified atom stereocenters. The molecule has 24 heavy (non-hydrogen) atoms. The maximum absolute atomic E-state index is 13.2. The van der Waals surface area contributed by atoms with E-state index in [4.69, 9.17) is 0 Å². The molecule has 1 amide bonds. The Balaban J connectivity index is 1.56. The van der Waals surface area contributed by atoms with Gasteiger partial charge in [-0.25, -0.2) is 8.78 Å². The minimum atomic E-state index is -0.284. The zero-order valence-corrected chi connectivity index (χ0v) is 13.7. The third-order valence-electron chi connectivity index (χ3n) is 4.79. The van der Waals surface area contributed by atoms with Gasteiger partial charge in [-0.2, -0.15) is 0 Å². The molecule has 1 atom stereocenters. The quantitative estimate of drug-likeness (QED) is 0.853. The maximum Gasteiger partial charge on any atom is 0.223 e. The number of hydrogen-bond donors (Lipinski definition) is 1. The van der Waals surface area contributed by atoms with Crippen molar-refractivity contribution in [2.45, 2.75) is 31.6 Å². The van der Waals surface area contributed by atoms with E-state index in [1.54, 1.807) is 18.2 Å². The molecular weight excluding hydrogens is 308 g/mol. The van der Waals surface area contributed by atoms with Crippen molar-refractivity contribution in [2.24, 2.45) is 5.92 Å². The number of nitrogens with one attached hydrogen (secondary N) is 1. The SMILES string of the molecule is CC(Cc1cccc(F)c1)C(=O)NCC1(c2ccc(F)cc2)CC1. The van der Waals surface area contributed by atoms with Crippen molar-refractivity contribution in [3.63, 3.8) is 0 Å². The first kappa shape index (κ1) is 16.6. The minimum absolute atomic E-state index is 0.0346. The van der Waals surface area contributed by atoms with E-state index in [1.807, 2.05) is 13.0 Å². The van der Waals surface area contributed by atoms with Crippen molar-refractivity contribution in [1.29, 1.82) is 0 Å². The zero-order chi connectivity index (χ0) is 17.2. The van der Waals surface area contributed by atoms with Crippen LogP contribution < -0.4 is 5.32 Å². The van der Waals surface area contributed by atoms with Crippen LogP contribution in [0.2, 0.25) is 0 Å². The van der Waals surface area contributed by atoms with Crippen LogP contribution in [0, 0.1) is 17.6 Å². The predicted octanol–water partition coefficient (Wildman–Crippen LogP) is 3.99. The summed E-state index contributed by atoms with van der Waals surface area (Å²) in [4.78, 5) is 12.3. The Hall–Kier alpha value is -2.23. The Bertz CT molecular complexity index is 723. The number of carbonyl (C=O) groups excluding carboxylic acids is 1. The summed E-state index contributed by atoms with van der Waals surface area (Å²) < 4.78 is 26.3. The molecule has 0 saturated heterocycles. The molecule has 2 aromatic rings. The van der Waals surface area contributed by atoms with E-state index in [1.165, 1.54) is 24.3 Å². The highest BCUT2D eigenvalue weighted by Gasteiger charge is 2.44. The fourth-order valence-electron chi connectivity index (χ4n) is 3.06. The lowest BCUT2D eigenvalue weighted by molar-refractivity contribution is -0.124. The fraction of sp³-hybridized carbons (Fsp3) is 0.350. The monoisotopic (exact) mass is 329 g/mol. The Morgan fingerprint density at radius 3 is 2.46 bits per heavy atom. The molecular formula is C20H21F2NO. The van der Waals surface area contributed by atoms with Crippen LogP contribution in [-0.2, 0) is 16.6 Å². The molecule has 126 valence electrons. The molecule has 1 N–H and O–H groups in total. The number of benzene rings is 2. The van der Waals surface area contributed by atoms with Crippen LogP contribution in [0.15, 0.2) is 48.5 Å². The van der Waals surface area contributed by atoms with Gasteiger partial charge in [0.05, 0.1) is 0 Å². The van der Waals surface area contributed by atoms with Gasteiger partial charge in [-0.3, -0.25) is 4.79 Å². The van der Waals surface area contributed by atoms with Crippen molar-refractivity contribution in [2.75, 3.05) is 6.54 Å². The second-order valence-electron chi connectivity index (χ2n) is 6.74. The molecule has 0 aromatic heterocycles. The summed E-state index contributed by atoms with van der Waals surface area (Å²) in [6.07, 6.45) is 2.50. The maximum atomic E-state index is 13.2. The van der Waals surface area contributed by atoms with Gasteiger partial charge in [0.15, 0.2) is 0 Å². The van der Waals surface area contributed by atoms with Gasteiger partial charge in [-0.15, -0.1) is 0 Å². The lowest BCUT2D eigenvalue weighted by Crippen LogP contribution is -2.36. The average Bonchev–Trinajstić information content (AvgIpc) is 3.34. The molecule has 1 aliphatic carbocycles. The van der Waals surface area contributed by atoms with Gasteiger partial charge in [0, 0.05) is 17.9 Å². The summed E-state index contributed by atoms with van der Waals surface area (Å²) in [7, 11) is 0. The third kappa shape index (κ3) is 3.81. The van der Waals surface area contributed by atoms with Gasteiger partial charge < -0.3 is 5.32 Å². The summed E-state index contributed by atoms with van der Waals surface area (Å²) in [5.41, 5.74) is 1.83. The van der Waals surface area contributed by atoms with Gasteiger partial charge in [0.2, 0.25) is 5.91 Å². The molecule has 3 rings (SSSR count). The second kappa shape index (κ2) is 6.71. The molecule has 0 radical (unpaired) electrons. The van der Waals surface area contributed by atoms with Gasteiger partial charge in [-0.05, 0) is 54.7 Å². The van der Waals surface area contributed by atoms with Crippen LogP contribution in [0.25, 0.3) is 0 Å². The Labute approximate surface area is 140 Å². The van der Waals surface area contributed by atoms with Crippen LogP contribution in [0.1, 0.15) is 30.9 Å². The Morgan fingerprint density at radius 2 is 1.83 bits per heavy atom. The lowest BCUT2D eigenvalue weighted by atomic mass is 9.95. The van der Waals surface area contributed by atoms with E-state index in [9.17, 15) is 13.6 Å². The standard InChI is InChI=1S/C20H21F2NO/c1-14(11-15-3-2-4-18(22)12-15)19(24)23-13-20(9-10-20)16-5-7-17(21)8-6-16/h2-8,12,14H,9-11,13H2,1H3,(H,23,24). The van der Waals surface area contributed by atoms with E-state index in [-0.39, 0.29) is 28.9 Å². The summed E-state index contributed by atoms with van der Waals surface area (Å²) >= 11 is 0. The molecule has 2 aromatic carbocycles. The highest BCUT2D eigenvalue weighted by Crippen LogP contribution is 2.47. The zero-order valence-electron chi connectivity index (χ0n) is 13.7. The molecule has 1 aliphatic rings. The van der Waals surface area contributed by atoms with E-state index in [0.29, 0.717) is 13.0 Å². The van der Waals surface area contributed by atoms with Crippen LogP contribution in [-0.4, -0.2) is 12.5 Å². The van der Waals surface area contributed by atoms with Crippen LogP contribution >= 0.6 is 0 Å². The van der Waals surface area contributed by atoms with Crippen molar-refractivity contribution in [3.05, 3.63) is 71.3 Å². The molecule has 0 spiro atoms. The van der Waals surface area contributed by atoms with Gasteiger partial charge in [-0.1, -0.05) is 31.2 Å². The van der Waals surface area contributed by atoms with Crippen LogP contribution in [0.3, 0.4) is 0 Å². The molecule has 1 saturated carbocycles. The first-order valence-electron chi connectivity index (χ1n) is 8.27. The Morgan fingerprint density at radius 1 is 1.12 bits per heavy atom. The van der Waals surface area contributed by atoms with E-state index in [2.05, 4.69) is 5.32 Å². The van der Waals surface area contributed by atoms with E-state index < -0.39 is 0 Å². The van der Waals surface area contributed by atoms with Gasteiger partial charge in [0.25, 0.3) is 0 Å². The number of hydrogen-bond acceptors (Lipinski definition) is 1. The van der Waals surface area contributed by atoms with E-state index >= 15 is 0 Å². The first-order chi connectivity index (χ1) is 11.5. The van der Waals surface area contributed by atoms with Crippen molar-refractivity contribution in [3.8, 4) is 0 Å². The fourth-order valence-corrected chi connectivity index (χ4v) is 3.06. The summed E-state index contributed by atoms with van der Waals surface area (Å²) in [5.74, 6) is -0.792. The number of halogens is 2. The topological polar surface area (TPSA) is 29.1 Å². The molecule has 1 fully saturated rings. The minimum Gasteiger partial charge on any atom is -0.355 e. The van der Waals surface area contributed by atoms with E-state index in [0.717, 1.165) is 24.0 Å². The van der Waals surface area contributed by atoms with Crippen LogP contribution in [0.5, 0.6) is 0 Å². The second-order valence-corrected chi connectivity index (χ2v) is 6.74. The summed E-state index contributed by atoms with van der Waals surface area (Å²) in [6.45, 7) is 2.41. The normalized spacial score (nSPS) is 16.5. The summed E-state index contributed by atoms with van der Waals surface area (Å²) in [5, 5.41) is 3.01. The first-order valence-corrected chi connectivity index (χ1v) is 8.27. The molecule has 2 nitrogen and oxygen atoms in total. The highest BCUT2D eigenvalue weighted by atomic mass is 19.1. The van der Waals surface area contributed by atoms with Crippen molar-refractivity contribution in [1.82, 2.24) is 5.32 Å². The van der Waals surface area contributed by atoms with Crippen LogP contribution in [0.4, 0.5) is 8.78 Å². The highest BCUT2D eigenvalue weighted by molar-refractivity contribution is 5.78. The molecule has 0 bridgehead atoms. The summed E-state index contributed by atoms with van der Waals surface area (Å²) in [6, 6.07) is 12.9. The number of amides is 1. The molecule has 4 heteroatoms. The smallest absolute Gasteiger partial charge is 0.223 e. The van der Waals surface area contributed by atoms with Crippen molar-refractivity contribution >= 4 is 5.91 Å². The molecule has 0 heterocycles. The third-order valence-corrected chi connectivity index (χ3v) is 4.79. The Kier molecular flexibility index (Phi) is 4.65. The predicted molar refractivity (Wildman–Crippen MR) is 89.6 cm³/mol.